The van der Waals surface area contributed by atoms with Crippen LogP contribution in [0.1, 0.15) is 24.5 Å². The van der Waals surface area contributed by atoms with Crippen LogP contribution in [0.5, 0.6) is 0 Å². The molecule has 1 aliphatic rings. The van der Waals surface area contributed by atoms with E-state index >= 15 is 0 Å². The number of hydrogen-bond donors (Lipinski definition) is 0. The molecule has 0 saturated carbocycles. The summed E-state index contributed by atoms with van der Waals surface area (Å²) >= 11 is 2.82. The summed E-state index contributed by atoms with van der Waals surface area (Å²) in [6, 6.07) is 14.9. The number of benzene rings is 2. The predicted molar refractivity (Wildman–Crippen MR) is 93.0 cm³/mol. The Hall–Kier alpha value is 0.123. The topological polar surface area (TPSA) is 0 Å². The van der Waals surface area contributed by atoms with Gasteiger partial charge in [0.2, 0.25) is 0 Å². The summed E-state index contributed by atoms with van der Waals surface area (Å²) in [7, 11) is 9.87. The van der Waals surface area contributed by atoms with Gasteiger partial charge in [-0.05, 0) is 34.7 Å². The van der Waals surface area contributed by atoms with Crippen LogP contribution in [0.4, 0.5) is 0 Å². The Morgan fingerprint density at radius 1 is 1.00 bits per heavy atom. The van der Waals surface area contributed by atoms with Gasteiger partial charge in [0.15, 0.2) is 0 Å². The molecular formula is C17H14BrCl2Zr. The molecule has 0 unspecified atom stereocenters. The fourth-order valence-corrected chi connectivity index (χ4v) is 2.91. The van der Waals surface area contributed by atoms with Crippen LogP contribution in [0.2, 0.25) is 0 Å². The summed E-state index contributed by atoms with van der Waals surface area (Å²) < 4.78 is 1.15. The van der Waals surface area contributed by atoms with Crippen molar-refractivity contribution in [3.63, 3.8) is 0 Å². The van der Waals surface area contributed by atoms with Crippen molar-refractivity contribution in [1.82, 2.24) is 0 Å². The fraction of sp³-hybridized carbons (Fsp3) is 0.118. The molecular weight excluding hydrogens is 446 g/mol. The minimum absolute atomic E-state index is 0.826. The average Bonchev–Trinajstić information content (AvgIpc) is 2.92. The van der Waals surface area contributed by atoms with E-state index in [-0.39, 0.29) is 0 Å². The van der Waals surface area contributed by atoms with Gasteiger partial charge in [0.05, 0.1) is 0 Å². The Labute approximate surface area is 153 Å². The third-order valence-electron chi connectivity index (χ3n) is 3.38. The second-order valence-corrected chi connectivity index (χ2v) is 9.16. The van der Waals surface area contributed by atoms with Gasteiger partial charge in [-0.15, -0.1) is 0 Å². The van der Waals surface area contributed by atoms with Crippen molar-refractivity contribution >= 4 is 39.0 Å². The molecule has 1 radical (unpaired) electrons. The number of hydrogen-bond acceptors (Lipinski definition) is 0. The first-order chi connectivity index (χ1) is 10.2. The van der Waals surface area contributed by atoms with Crippen LogP contribution in [0.3, 0.4) is 0 Å². The Balaban J connectivity index is 0.000000497. The zero-order chi connectivity index (χ0) is 15.2. The second-order valence-electron chi connectivity index (χ2n) is 4.58. The molecule has 21 heavy (non-hydrogen) atoms. The van der Waals surface area contributed by atoms with Gasteiger partial charge in [-0.3, -0.25) is 0 Å². The van der Waals surface area contributed by atoms with E-state index in [1.54, 1.807) is 0 Å². The first-order valence-electron chi connectivity index (χ1n) is 6.60. The SMILES string of the molecule is CCC1=Cc2c(cccc2-c2ccccc2Br)[CH]1.[Cl][Zr][Cl]. The van der Waals surface area contributed by atoms with Gasteiger partial charge in [-0.25, -0.2) is 0 Å². The summed E-state index contributed by atoms with van der Waals surface area (Å²) in [4.78, 5) is 0. The zero-order valence-electron chi connectivity index (χ0n) is 11.5. The van der Waals surface area contributed by atoms with Crippen LogP contribution in [0, 0.1) is 6.42 Å². The summed E-state index contributed by atoms with van der Waals surface area (Å²) in [5, 5.41) is 0. The zero-order valence-corrected chi connectivity index (χ0v) is 17.1. The second kappa shape index (κ2) is 8.68. The van der Waals surface area contributed by atoms with E-state index in [4.69, 9.17) is 17.0 Å². The van der Waals surface area contributed by atoms with Crippen LogP contribution in [0.25, 0.3) is 17.2 Å². The van der Waals surface area contributed by atoms with Crippen LogP contribution in [-0.2, 0) is 20.8 Å². The monoisotopic (exact) mass is 457 g/mol. The molecule has 2 aromatic carbocycles. The molecule has 0 N–H and O–H groups in total. The van der Waals surface area contributed by atoms with Crippen molar-refractivity contribution in [2.75, 3.05) is 0 Å². The summed E-state index contributed by atoms with van der Waals surface area (Å²) in [6.07, 6.45) is 5.68. The molecule has 0 atom stereocenters. The average molecular weight is 460 g/mol. The van der Waals surface area contributed by atoms with Gasteiger partial charge in [0.25, 0.3) is 0 Å². The van der Waals surface area contributed by atoms with Crippen molar-refractivity contribution in [3.8, 4) is 11.1 Å². The van der Waals surface area contributed by atoms with Crippen LogP contribution >= 0.6 is 33.0 Å². The molecule has 0 heterocycles. The van der Waals surface area contributed by atoms with Gasteiger partial charge < -0.3 is 0 Å². The van der Waals surface area contributed by atoms with Crippen LogP contribution in [-0.4, -0.2) is 0 Å². The van der Waals surface area contributed by atoms with Crippen LogP contribution in [0.15, 0.2) is 52.5 Å². The van der Waals surface area contributed by atoms with Crippen molar-refractivity contribution in [2.45, 2.75) is 13.3 Å². The number of halogens is 3. The molecule has 0 spiro atoms. The van der Waals surface area contributed by atoms with Crippen molar-refractivity contribution in [1.29, 1.82) is 0 Å². The van der Waals surface area contributed by atoms with Crippen LogP contribution < -0.4 is 0 Å². The summed E-state index contributed by atoms with van der Waals surface area (Å²) in [5.74, 6) is 0. The molecule has 0 bridgehead atoms. The molecule has 0 saturated heterocycles. The molecule has 0 nitrogen and oxygen atoms in total. The van der Waals surface area contributed by atoms with E-state index < -0.39 is 20.8 Å². The number of rotatable bonds is 2. The van der Waals surface area contributed by atoms with Gasteiger partial charge in [0, 0.05) is 10.9 Å². The third kappa shape index (κ3) is 4.32. The molecule has 0 fully saturated rings. The normalized spacial score (nSPS) is 12.1. The Bertz CT molecular complexity index is 653. The van der Waals surface area contributed by atoms with E-state index in [1.165, 1.54) is 27.8 Å². The Morgan fingerprint density at radius 3 is 2.33 bits per heavy atom. The Kier molecular flexibility index (Phi) is 7.22. The predicted octanol–water partition coefficient (Wildman–Crippen LogP) is 6.85. The van der Waals surface area contributed by atoms with Gasteiger partial charge in [-0.1, -0.05) is 70.9 Å². The fourth-order valence-electron chi connectivity index (χ4n) is 2.42. The molecule has 4 heteroatoms. The first-order valence-corrected chi connectivity index (χ1v) is 13.7. The van der Waals surface area contributed by atoms with E-state index in [1.807, 2.05) is 0 Å². The molecule has 2 aromatic rings. The molecule has 0 aliphatic heterocycles. The van der Waals surface area contributed by atoms with E-state index in [9.17, 15) is 0 Å². The summed E-state index contributed by atoms with van der Waals surface area (Å²) in [6.45, 7) is 2.20. The Morgan fingerprint density at radius 2 is 1.67 bits per heavy atom. The first kappa shape index (κ1) is 17.5. The molecule has 0 aromatic heterocycles. The van der Waals surface area contributed by atoms with E-state index in [2.05, 4.69) is 77.8 Å². The minimum atomic E-state index is -0.826. The number of fused-ring (bicyclic) bond motifs is 1. The summed E-state index contributed by atoms with van der Waals surface area (Å²) in [5.41, 5.74) is 6.65. The van der Waals surface area contributed by atoms with E-state index in [0.717, 1.165) is 10.9 Å². The molecule has 0 amide bonds. The standard InChI is InChI=1S/C17H14Br.2ClH.Zr/c1-2-12-10-13-6-5-8-14(16(13)11-12)15-7-3-4-9-17(15)18;;;/h3-11H,2H2,1H3;2*1H;/q;;;+2/p-2. The maximum atomic E-state index is 4.93. The third-order valence-corrected chi connectivity index (χ3v) is 4.07. The van der Waals surface area contributed by atoms with Gasteiger partial charge in [0.1, 0.15) is 0 Å². The van der Waals surface area contributed by atoms with E-state index in [0.29, 0.717) is 0 Å². The quantitative estimate of drug-likeness (QED) is 0.460. The van der Waals surface area contributed by atoms with Crippen molar-refractivity contribution < 1.29 is 20.8 Å². The van der Waals surface area contributed by atoms with Crippen molar-refractivity contribution in [3.05, 3.63) is 70.1 Å². The molecule has 1 aliphatic carbocycles. The van der Waals surface area contributed by atoms with Crippen molar-refractivity contribution in [2.24, 2.45) is 0 Å². The number of allylic oxidation sites excluding steroid dienone is 1. The van der Waals surface area contributed by atoms with Gasteiger partial charge >= 0.3 is 37.9 Å². The maximum absolute atomic E-state index is 4.93. The van der Waals surface area contributed by atoms with Gasteiger partial charge in [-0.2, -0.15) is 0 Å². The molecule has 107 valence electrons. The molecule has 3 rings (SSSR count).